The first-order chi connectivity index (χ1) is 7.63. The lowest BCUT2D eigenvalue weighted by atomic mass is 10.1. The average Bonchev–Trinajstić information content (AvgIpc) is 2.35. The van der Waals surface area contributed by atoms with Crippen molar-refractivity contribution in [2.75, 3.05) is 19.0 Å². The molecule has 0 saturated heterocycles. The van der Waals surface area contributed by atoms with E-state index in [9.17, 15) is 4.79 Å². The molecule has 0 radical (unpaired) electrons. The fourth-order valence-electron chi connectivity index (χ4n) is 1.36. The highest BCUT2D eigenvalue weighted by Crippen LogP contribution is 2.21. The quantitative estimate of drug-likeness (QED) is 0.833. The number of rotatable bonds is 3. The maximum atomic E-state index is 11.4. The average molecular weight is 261 g/mol. The number of hydrogen-bond acceptors (Lipinski definition) is 1. The van der Waals surface area contributed by atoms with Gasteiger partial charge >= 0.3 is 6.03 Å². The molecule has 0 aliphatic rings. The largest absolute Gasteiger partial charge is 0.341 e. The van der Waals surface area contributed by atoms with Gasteiger partial charge in [0.05, 0.1) is 0 Å². The van der Waals surface area contributed by atoms with Crippen molar-refractivity contribution in [1.82, 2.24) is 5.32 Å². The highest BCUT2D eigenvalue weighted by Gasteiger charge is 2.10. The van der Waals surface area contributed by atoms with Gasteiger partial charge < -0.3 is 5.32 Å². The van der Waals surface area contributed by atoms with Crippen molar-refractivity contribution in [3.63, 3.8) is 0 Å². The molecule has 0 unspecified atom stereocenters. The third-order valence-corrected chi connectivity index (χ3v) is 2.96. The Hall–Kier alpha value is -0.930. The van der Waals surface area contributed by atoms with E-state index in [0.29, 0.717) is 11.8 Å². The standard InChI is InChI=1S/C11H14Cl2N2O/c1-14-11(16)15(2)10-4-3-8(6-12)9(5-10)7-13/h3-5H,6-7H2,1-2H3,(H,14,16). The Morgan fingerprint density at radius 2 is 1.94 bits per heavy atom. The van der Waals surface area contributed by atoms with Crippen LogP contribution >= 0.6 is 23.2 Å². The second kappa shape index (κ2) is 5.97. The Kier molecular flexibility index (Phi) is 4.90. The van der Waals surface area contributed by atoms with Crippen LogP contribution in [0.5, 0.6) is 0 Å². The fraction of sp³-hybridized carbons (Fsp3) is 0.364. The van der Waals surface area contributed by atoms with Crippen LogP contribution in [0.4, 0.5) is 10.5 Å². The van der Waals surface area contributed by atoms with Crippen molar-refractivity contribution in [1.29, 1.82) is 0 Å². The van der Waals surface area contributed by atoms with Gasteiger partial charge in [-0.25, -0.2) is 4.79 Å². The van der Waals surface area contributed by atoms with Gasteiger partial charge in [-0.15, -0.1) is 23.2 Å². The number of carbonyl (C=O) groups excluding carboxylic acids is 1. The zero-order chi connectivity index (χ0) is 12.1. The van der Waals surface area contributed by atoms with E-state index in [-0.39, 0.29) is 6.03 Å². The summed E-state index contributed by atoms with van der Waals surface area (Å²) in [6, 6.07) is 5.45. The number of amides is 2. The van der Waals surface area contributed by atoms with Crippen molar-refractivity contribution in [3.05, 3.63) is 29.3 Å². The third kappa shape index (κ3) is 2.80. The molecule has 0 bridgehead atoms. The molecule has 0 spiro atoms. The summed E-state index contributed by atoms with van der Waals surface area (Å²) < 4.78 is 0. The highest BCUT2D eigenvalue weighted by molar-refractivity contribution is 6.18. The molecule has 0 fully saturated rings. The van der Waals surface area contributed by atoms with Crippen LogP contribution in [0.2, 0.25) is 0 Å². The minimum atomic E-state index is -0.167. The van der Waals surface area contributed by atoms with Gasteiger partial charge in [0, 0.05) is 31.5 Å². The second-order valence-electron chi connectivity index (χ2n) is 3.33. The van der Waals surface area contributed by atoms with Crippen LogP contribution in [0, 0.1) is 0 Å². The summed E-state index contributed by atoms with van der Waals surface area (Å²) in [6.07, 6.45) is 0. The summed E-state index contributed by atoms with van der Waals surface area (Å²) in [5, 5.41) is 2.56. The molecule has 1 aromatic carbocycles. The Labute approximate surface area is 105 Å². The smallest absolute Gasteiger partial charge is 0.321 e. The Morgan fingerprint density at radius 1 is 1.31 bits per heavy atom. The lowest BCUT2D eigenvalue weighted by Gasteiger charge is -2.18. The van der Waals surface area contributed by atoms with Crippen LogP contribution in [0.1, 0.15) is 11.1 Å². The van der Waals surface area contributed by atoms with Crippen molar-refractivity contribution >= 4 is 34.9 Å². The molecular weight excluding hydrogens is 247 g/mol. The second-order valence-corrected chi connectivity index (χ2v) is 3.87. The predicted molar refractivity (Wildman–Crippen MR) is 68.4 cm³/mol. The number of carbonyl (C=O) groups is 1. The van der Waals surface area contributed by atoms with Crippen LogP contribution in [0.3, 0.4) is 0 Å². The van der Waals surface area contributed by atoms with Gasteiger partial charge in [-0.3, -0.25) is 4.90 Å². The molecule has 0 aliphatic carbocycles. The molecule has 88 valence electrons. The molecule has 16 heavy (non-hydrogen) atoms. The van der Waals surface area contributed by atoms with Crippen LogP contribution in [0.15, 0.2) is 18.2 Å². The molecule has 0 aromatic heterocycles. The number of nitrogens with one attached hydrogen (secondary N) is 1. The van der Waals surface area contributed by atoms with Gasteiger partial charge in [0.1, 0.15) is 0 Å². The summed E-state index contributed by atoms with van der Waals surface area (Å²) in [7, 11) is 3.29. The molecule has 2 amide bonds. The van der Waals surface area contributed by atoms with Crippen molar-refractivity contribution in [2.24, 2.45) is 0 Å². The molecule has 0 saturated carbocycles. The summed E-state index contributed by atoms with van der Waals surface area (Å²) in [5.41, 5.74) is 2.74. The Morgan fingerprint density at radius 3 is 2.44 bits per heavy atom. The third-order valence-electron chi connectivity index (χ3n) is 2.38. The number of anilines is 1. The highest BCUT2D eigenvalue weighted by atomic mass is 35.5. The van der Waals surface area contributed by atoms with Crippen LogP contribution in [-0.4, -0.2) is 20.1 Å². The van der Waals surface area contributed by atoms with Gasteiger partial charge in [0.25, 0.3) is 0 Å². The van der Waals surface area contributed by atoms with E-state index in [2.05, 4.69) is 5.32 Å². The first-order valence-corrected chi connectivity index (χ1v) is 5.90. The minimum Gasteiger partial charge on any atom is -0.341 e. The molecule has 0 atom stereocenters. The summed E-state index contributed by atoms with van der Waals surface area (Å²) in [5.74, 6) is 0.809. The van der Waals surface area contributed by atoms with Gasteiger partial charge in [-0.05, 0) is 23.3 Å². The number of hydrogen-bond donors (Lipinski definition) is 1. The molecule has 0 heterocycles. The predicted octanol–water partition coefficient (Wildman–Crippen LogP) is 2.94. The van der Waals surface area contributed by atoms with Gasteiger partial charge in [0.15, 0.2) is 0 Å². The van der Waals surface area contributed by atoms with E-state index >= 15 is 0 Å². The van der Waals surface area contributed by atoms with Gasteiger partial charge in [-0.2, -0.15) is 0 Å². The molecule has 3 nitrogen and oxygen atoms in total. The van der Waals surface area contributed by atoms with Crippen molar-refractivity contribution in [2.45, 2.75) is 11.8 Å². The van der Waals surface area contributed by atoms with E-state index < -0.39 is 0 Å². The monoisotopic (exact) mass is 260 g/mol. The summed E-state index contributed by atoms with van der Waals surface area (Å²) in [6.45, 7) is 0. The zero-order valence-electron chi connectivity index (χ0n) is 9.26. The molecule has 0 aliphatic heterocycles. The first kappa shape index (κ1) is 13.1. The van der Waals surface area contributed by atoms with Crippen molar-refractivity contribution in [3.8, 4) is 0 Å². The lowest BCUT2D eigenvalue weighted by Crippen LogP contribution is -2.34. The Balaban J connectivity index is 3.03. The van der Waals surface area contributed by atoms with Crippen LogP contribution in [0.25, 0.3) is 0 Å². The number of halogens is 2. The topological polar surface area (TPSA) is 32.3 Å². The maximum Gasteiger partial charge on any atom is 0.321 e. The fourth-order valence-corrected chi connectivity index (χ4v) is 1.87. The van der Waals surface area contributed by atoms with E-state index in [1.165, 1.54) is 4.90 Å². The molecule has 5 heteroatoms. The molecule has 1 N–H and O–H groups in total. The van der Waals surface area contributed by atoms with Gasteiger partial charge in [0.2, 0.25) is 0 Å². The van der Waals surface area contributed by atoms with E-state index in [1.54, 1.807) is 14.1 Å². The number of nitrogens with zero attached hydrogens (tertiary/aromatic N) is 1. The molecule has 1 rings (SSSR count). The summed E-state index contributed by atoms with van der Waals surface area (Å²) in [4.78, 5) is 12.9. The lowest BCUT2D eigenvalue weighted by molar-refractivity contribution is 0.249. The van der Waals surface area contributed by atoms with Crippen molar-refractivity contribution < 1.29 is 4.79 Å². The number of alkyl halides is 2. The Bertz CT molecular complexity index is 382. The maximum absolute atomic E-state index is 11.4. The first-order valence-electron chi connectivity index (χ1n) is 4.83. The molecular formula is C11H14Cl2N2O. The summed E-state index contributed by atoms with van der Waals surface area (Å²) >= 11 is 11.6. The molecule has 1 aromatic rings. The normalized spacial score (nSPS) is 10.0. The van der Waals surface area contributed by atoms with Crippen LogP contribution < -0.4 is 10.2 Å². The number of benzene rings is 1. The van der Waals surface area contributed by atoms with E-state index in [4.69, 9.17) is 23.2 Å². The zero-order valence-corrected chi connectivity index (χ0v) is 10.8. The SMILES string of the molecule is CNC(=O)N(C)c1ccc(CCl)c(CCl)c1. The van der Waals surface area contributed by atoms with E-state index in [1.807, 2.05) is 18.2 Å². The number of urea groups is 1. The minimum absolute atomic E-state index is 0.167. The van der Waals surface area contributed by atoms with Crippen LogP contribution in [-0.2, 0) is 11.8 Å². The van der Waals surface area contributed by atoms with E-state index in [0.717, 1.165) is 16.8 Å². The van der Waals surface area contributed by atoms with Gasteiger partial charge in [-0.1, -0.05) is 6.07 Å².